The number of rotatable bonds is 4. The summed E-state index contributed by atoms with van der Waals surface area (Å²) in [5, 5.41) is 24.3. The van der Waals surface area contributed by atoms with Crippen LogP contribution in [0, 0.1) is 10.1 Å². The molecule has 0 spiro atoms. The van der Waals surface area contributed by atoms with Crippen LogP contribution in [0.5, 0.6) is 0 Å². The fraction of sp³-hybridized carbons (Fsp3) is 0.500. The molecule has 22 heavy (non-hydrogen) atoms. The third kappa shape index (κ3) is 2.88. The van der Waals surface area contributed by atoms with E-state index in [0.717, 1.165) is 4.90 Å². The van der Waals surface area contributed by atoms with Crippen molar-refractivity contribution in [1.82, 2.24) is 0 Å². The molecule has 3 heterocycles. The third-order valence-corrected chi connectivity index (χ3v) is 6.37. The largest absolute Gasteiger partial charge is 0.390 e. The van der Waals surface area contributed by atoms with Crippen LogP contribution in [0.2, 0.25) is 0 Å². The van der Waals surface area contributed by atoms with E-state index in [1.165, 1.54) is 23.9 Å². The normalized spacial score (nSPS) is 33.2. The fourth-order valence-electron chi connectivity index (χ4n) is 2.50. The van der Waals surface area contributed by atoms with Gasteiger partial charge in [-0.1, -0.05) is 16.9 Å². The molecule has 10 heteroatoms. The summed E-state index contributed by atoms with van der Waals surface area (Å²) in [7, 11) is 0. The molecule has 2 bridgehead atoms. The maximum atomic E-state index is 10.7. The van der Waals surface area contributed by atoms with Crippen LogP contribution in [0.4, 0.5) is 5.69 Å². The van der Waals surface area contributed by atoms with Crippen LogP contribution in [0.1, 0.15) is 0 Å². The molecule has 8 nitrogen and oxygen atoms in total. The van der Waals surface area contributed by atoms with Crippen molar-refractivity contribution in [1.29, 1.82) is 0 Å². The lowest BCUT2D eigenvalue weighted by Crippen LogP contribution is -2.59. The number of aliphatic hydroxyl groups is 1. The molecule has 3 saturated heterocycles. The second kappa shape index (κ2) is 6.35. The number of benzene rings is 1. The zero-order valence-electron chi connectivity index (χ0n) is 11.2. The minimum absolute atomic E-state index is 0.0344. The van der Waals surface area contributed by atoms with E-state index >= 15 is 0 Å². The Morgan fingerprint density at radius 1 is 1.50 bits per heavy atom. The van der Waals surface area contributed by atoms with E-state index in [2.05, 4.69) is 10.0 Å². The Bertz CT molecular complexity index is 622. The smallest absolute Gasteiger partial charge is 0.269 e. The number of ether oxygens (including phenoxy) is 1. The summed E-state index contributed by atoms with van der Waals surface area (Å²) in [6.45, 7) is 0. The van der Waals surface area contributed by atoms with Gasteiger partial charge >= 0.3 is 0 Å². The van der Waals surface area contributed by atoms with E-state index in [4.69, 9.17) is 10.3 Å². The molecule has 1 aromatic rings. The van der Waals surface area contributed by atoms with Gasteiger partial charge in [-0.25, -0.2) is 0 Å². The molecule has 3 aliphatic heterocycles. The molecule has 0 radical (unpaired) electrons. The summed E-state index contributed by atoms with van der Waals surface area (Å²) in [6.07, 6.45) is -1.14. The molecule has 0 unspecified atom stereocenters. The van der Waals surface area contributed by atoms with Crippen LogP contribution >= 0.6 is 23.5 Å². The number of hydrogen-bond donors (Lipinski definition) is 1. The van der Waals surface area contributed by atoms with Crippen molar-refractivity contribution in [2.75, 3.05) is 5.75 Å². The summed E-state index contributed by atoms with van der Waals surface area (Å²) in [5.41, 5.74) is 8.42. The number of fused-ring (bicyclic) bond motifs is 3. The summed E-state index contributed by atoms with van der Waals surface area (Å²) in [5.74, 6) is 0.667. The first kappa shape index (κ1) is 15.4. The highest BCUT2D eigenvalue weighted by Gasteiger charge is 2.49. The maximum Gasteiger partial charge on any atom is 0.269 e. The van der Waals surface area contributed by atoms with Crippen LogP contribution < -0.4 is 0 Å². The van der Waals surface area contributed by atoms with Gasteiger partial charge in [0, 0.05) is 27.7 Å². The summed E-state index contributed by atoms with van der Waals surface area (Å²) < 4.78 is 5.83. The Labute approximate surface area is 134 Å². The minimum atomic E-state index is -0.782. The highest BCUT2D eigenvalue weighted by Crippen LogP contribution is 2.45. The second-order valence-corrected chi connectivity index (χ2v) is 7.28. The van der Waals surface area contributed by atoms with Crippen molar-refractivity contribution in [2.45, 2.75) is 33.8 Å². The molecule has 3 fully saturated rings. The first-order chi connectivity index (χ1) is 10.6. The predicted octanol–water partition coefficient (Wildman–Crippen LogP) is 2.57. The molecule has 3 aliphatic rings. The molecule has 1 aromatic carbocycles. The van der Waals surface area contributed by atoms with Gasteiger partial charge in [-0.3, -0.25) is 10.1 Å². The Kier molecular flexibility index (Phi) is 4.46. The lowest BCUT2D eigenvalue weighted by Gasteiger charge is -2.47. The Morgan fingerprint density at radius 3 is 2.86 bits per heavy atom. The first-order valence-electron chi connectivity index (χ1n) is 6.50. The molecule has 0 amide bonds. The van der Waals surface area contributed by atoms with Crippen LogP contribution in [0.3, 0.4) is 0 Å². The Morgan fingerprint density at radius 2 is 2.23 bits per heavy atom. The lowest BCUT2D eigenvalue weighted by atomic mass is 10.00. The fourth-order valence-corrected chi connectivity index (χ4v) is 5.27. The zero-order chi connectivity index (χ0) is 15.7. The number of nitro benzene ring substituents is 1. The quantitative estimate of drug-likeness (QED) is 0.295. The van der Waals surface area contributed by atoms with Gasteiger partial charge in [0.25, 0.3) is 5.69 Å². The van der Waals surface area contributed by atoms with Gasteiger partial charge < -0.3 is 9.84 Å². The summed E-state index contributed by atoms with van der Waals surface area (Å²) in [6, 6.07) is 5.70. The lowest BCUT2D eigenvalue weighted by molar-refractivity contribution is -0.384. The van der Waals surface area contributed by atoms with Crippen molar-refractivity contribution in [3.05, 3.63) is 44.8 Å². The number of thioether (sulfide) groups is 2. The average Bonchev–Trinajstić information content (AvgIpc) is 2.52. The van der Waals surface area contributed by atoms with Crippen LogP contribution in [-0.4, -0.2) is 44.7 Å². The van der Waals surface area contributed by atoms with Crippen molar-refractivity contribution in [2.24, 2.45) is 5.11 Å². The number of azide groups is 1. The molecule has 116 valence electrons. The Balaban J connectivity index is 1.75. The number of nitro groups is 1. The highest BCUT2D eigenvalue weighted by atomic mass is 32.2. The van der Waals surface area contributed by atoms with Gasteiger partial charge in [-0.05, 0) is 17.7 Å². The zero-order valence-corrected chi connectivity index (χ0v) is 12.8. The third-order valence-electron chi connectivity index (χ3n) is 3.58. The molecule has 4 rings (SSSR count). The molecule has 0 saturated carbocycles. The molecular formula is C12H12N4O4S2. The van der Waals surface area contributed by atoms with Crippen LogP contribution in [0.15, 0.2) is 34.3 Å². The standard InChI is InChI=1S/C12H12N4O4S2/c13-15-14-9-10(17)8-5-21-11(9)12(20-8)22-7-3-1-6(2-4-7)16(18)19/h1-4,8-12,17H,5H2/t8-,9+,10-,11+,12+/m1/s1. The summed E-state index contributed by atoms with van der Waals surface area (Å²) in [4.78, 5) is 13.9. The number of nitrogens with zero attached hydrogens (tertiary/aromatic N) is 4. The Hall–Kier alpha value is -1.45. The number of hydrogen-bond acceptors (Lipinski definition) is 7. The SMILES string of the molecule is [N-]=[N+]=N[C@H]1[C@H](O)[C@H]2CS[C@@H]1[C@H](Sc1ccc([N+](=O)[O-])cc1)O2. The van der Waals surface area contributed by atoms with Gasteiger partial charge in [0.05, 0.1) is 28.4 Å². The van der Waals surface area contributed by atoms with E-state index in [9.17, 15) is 15.2 Å². The van der Waals surface area contributed by atoms with Gasteiger partial charge in [0.1, 0.15) is 5.44 Å². The van der Waals surface area contributed by atoms with Gasteiger partial charge in [0.15, 0.2) is 0 Å². The van der Waals surface area contributed by atoms with E-state index < -0.39 is 17.1 Å². The second-order valence-electron chi connectivity index (χ2n) is 4.90. The van der Waals surface area contributed by atoms with Crippen molar-refractivity contribution < 1.29 is 14.8 Å². The van der Waals surface area contributed by atoms with Gasteiger partial charge in [-0.2, -0.15) is 11.8 Å². The van der Waals surface area contributed by atoms with E-state index in [1.807, 2.05) is 0 Å². The molecule has 0 aliphatic carbocycles. The summed E-state index contributed by atoms with van der Waals surface area (Å²) >= 11 is 3.04. The van der Waals surface area contributed by atoms with Crippen molar-refractivity contribution >= 4 is 29.2 Å². The van der Waals surface area contributed by atoms with E-state index in [-0.39, 0.29) is 22.5 Å². The predicted molar refractivity (Wildman–Crippen MR) is 82.8 cm³/mol. The molecule has 5 atom stereocenters. The van der Waals surface area contributed by atoms with Crippen molar-refractivity contribution in [3.63, 3.8) is 0 Å². The monoisotopic (exact) mass is 340 g/mol. The maximum absolute atomic E-state index is 10.7. The number of aliphatic hydroxyl groups excluding tert-OH is 1. The van der Waals surface area contributed by atoms with E-state index in [1.54, 1.807) is 23.9 Å². The molecular weight excluding hydrogens is 328 g/mol. The molecule has 1 N–H and O–H groups in total. The first-order valence-corrected chi connectivity index (χ1v) is 8.43. The van der Waals surface area contributed by atoms with E-state index in [0.29, 0.717) is 5.75 Å². The number of non-ortho nitro benzene ring substituents is 1. The van der Waals surface area contributed by atoms with Crippen LogP contribution in [0.25, 0.3) is 10.4 Å². The molecule has 0 aromatic heterocycles. The average molecular weight is 340 g/mol. The van der Waals surface area contributed by atoms with Gasteiger partial charge in [-0.15, -0.1) is 0 Å². The minimum Gasteiger partial charge on any atom is -0.390 e. The van der Waals surface area contributed by atoms with Crippen LogP contribution in [-0.2, 0) is 4.74 Å². The van der Waals surface area contributed by atoms with Crippen molar-refractivity contribution in [3.8, 4) is 0 Å². The topological polar surface area (TPSA) is 121 Å². The van der Waals surface area contributed by atoms with Gasteiger partial charge in [0.2, 0.25) is 0 Å². The highest BCUT2D eigenvalue weighted by molar-refractivity contribution is 8.04.